The molecule has 0 heterocycles. The van der Waals surface area contributed by atoms with Gasteiger partial charge in [0.1, 0.15) is 5.82 Å². The lowest BCUT2D eigenvalue weighted by Crippen LogP contribution is -2.11. The van der Waals surface area contributed by atoms with Crippen molar-refractivity contribution in [3.05, 3.63) is 70.0 Å². The van der Waals surface area contributed by atoms with Crippen LogP contribution >= 0.6 is 11.6 Å². The van der Waals surface area contributed by atoms with E-state index >= 15 is 0 Å². The van der Waals surface area contributed by atoms with Crippen LogP contribution in [0, 0.1) is 5.82 Å². The number of hydrogen-bond acceptors (Lipinski definition) is 1. The second-order valence-electron chi connectivity index (χ2n) is 5.15. The number of carbonyl (C=O) groups is 1. The minimum Gasteiger partial charge on any atom is -0.322 e. The van der Waals surface area contributed by atoms with Crippen LogP contribution in [0.2, 0.25) is 5.02 Å². The summed E-state index contributed by atoms with van der Waals surface area (Å²) in [7, 11) is 0. The van der Waals surface area contributed by atoms with Crippen LogP contribution in [0.1, 0.15) is 30.5 Å². The zero-order valence-corrected chi connectivity index (χ0v) is 14.0. The lowest BCUT2D eigenvalue weighted by Gasteiger charge is -2.13. The molecule has 0 aliphatic carbocycles. The molecule has 1 N–H and O–H groups in total. The summed E-state index contributed by atoms with van der Waals surface area (Å²) in [5, 5.41) is 2.98. The lowest BCUT2D eigenvalue weighted by atomic mass is 10.0. The predicted octanol–water partition coefficient (Wildman–Crippen LogP) is 5.26. The van der Waals surface area contributed by atoms with Gasteiger partial charge in [-0.1, -0.05) is 49.7 Å². The van der Waals surface area contributed by atoms with Crippen LogP contribution < -0.4 is 5.32 Å². The molecule has 0 spiro atoms. The number of anilines is 1. The summed E-state index contributed by atoms with van der Waals surface area (Å²) in [5.41, 5.74) is 3.77. The topological polar surface area (TPSA) is 29.1 Å². The Morgan fingerprint density at radius 3 is 2.39 bits per heavy atom. The van der Waals surface area contributed by atoms with Crippen LogP contribution in [0.25, 0.3) is 6.08 Å². The van der Waals surface area contributed by atoms with E-state index in [2.05, 4.69) is 19.2 Å². The monoisotopic (exact) mass is 331 g/mol. The van der Waals surface area contributed by atoms with E-state index in [1.165, 1.54) is 18.2 Å². The number of rotatable bonds is 5. The Bertz CT molecular complexity index is 718. The van der Waals surface area contributed by atoms with E-state index in [-0.39, 0.29) is 10.9 Å². The Labute approximate surface area is 141 Å². The summed E-state index contributed by atoms with van der Waals surface area (Å²) in [6, 6.07) is 10.4. The van der Waals surface area contributed by atoms with Crippen molar-refractivity contribution >= 4 is 29.3 Å². The highest BCUT2D eigenvalue weighted by atomic mass is 35.5. The van der Waals surface area contributed by atoms with E-state index in [9.17, 15) is 9.18 Å². The predicted molar refractivity (Wildman–Crippen MR) is 94.3 cm³/mol. The Hall–Kier alpha value is -2.13. The van der Waals surface area contributed by atoms with Crippen LogP contribution in [-0.4, -0.2) is 5.91 Å². The summed E-state index contributed by atoms with van der Waals surface area (Å²) >= 11 is 5.73. The second-order valence-corrected chi connectivity index (χ2v) is 5.56. The number of halogens is 2. The first-order chi connectivity index (χ1) is 11.0. The minimum absolute atomic E-state index is 0.0390. The maximum Gasteiger partial charge on any atom is 0.248 e. The van der Waals surface area contributed by atoms with Gasteiger partial charge in [-0.15, -0.1) is 0 Å². The molecule has 0 fully saturated rings. The Morgan fingerprint density at radius 1 is 1.17 bits per heavy atom. The highest BCUT2D eigenvalue weighted by Crippen LogP contribution is 2.23. The maximum absolute atomic E-state index is 13.1. The molecule has 0 aliphatic rings. The quantitative estimate of drug-likeness (QED) is 0.744. The summed E-state index contributed by atoms with van der Waals surface area (Å²) in [4.78, 5) is 12.2. The average Bonchev–Trinajstić information content (AvgIpc) is 2.56. The first-order valence-electron chi connectivity index (χ1n) is 7.60. The van der Waals surface area contributed by atoms with Crippen molar-refractivity contribution < 1.29 is 9.18 Å². The van der Waals surface area contributed by atoms with Gasteiger partial charge in [-0.2, -0.15) is 0 Å². The molecule has 0 saturated carbocycles. The van der Waals surface area contributed by atoms with Crippen molar-refractivity contribution in [1.29, 1.82) is 0 Å². The van der Waals surface area contributed by atoms with Gasteiger partial charge < -0.3 is 5.32 Å². The summed E-state index contributed by atoms with van der Waals surface area (Å²) in [6.45, 7) is 4.11. The van der Waals surface area contributed by atoms with E-state index < -0.39 is 5.82 Å². The van der Waals surface area contributed by atoms with Gasteiger partial charge in [0, 0.05) is 11.8 Å². The summed E-state index contributed by atoms with van der Waals surface area (Å²) in [6.07, 6.45) is 4.73. The van der Waals surface area contributed by atoms with Gasteiger partial charge in [0.15, 0.2) is 0 Å². The zero-order chi connectivity index (χ0) is 16.8. The van der Waals surface area contributed by atoms with Crippen LogP contribution in [0.4, 0.5) is 10.1 Å². The number of amides is 1. The molecule has 23 heavy (non-hydrogen) atoms. The van der Waals surface area contributed by atoms with Gasteiger partial charge in [-0.05, 0) is 47.7 Å². The van der Waals surface area contributed by atoms with E-state index in [0.717, 1.165) is 29.7 Å². The van der Waals surface area contributed by atoms with Gasteiger partial charge in [0.2, 0.25) is 5.91 Å². The van der Waals surface area contributed by atoms with E-state index in [1.807, 2.05) is 18.2 Å². The molecule has 2 aromatic rings. The molecule has 0 atom stereocenters. The molecule has 2 aromatic carbocycles. The largest absolute Gasteiger partial charge is 0.322 e. The van der Waals surface area contributed by atoms with E-state index in [1.54, 1.807) is 12.1 Å². The minimum atomic E-state index is -0.474. The van der Waals surface area contributed by atoms with Gasteiger partial charge in [-0.3, -0.25) is 4.79 Å². The highest BCUT2D eigenvalue weighted by molar-refractivity contribution is 6.30. The van der Waals surface area contributed by atoms with Gasteiger partial charge >= 0.3 is 0 Å². The number of aryl methyl sites for hydroxylation is 2. The third-order valence-electron chi connectivity index (χ3n) is 3.62. The van der Waals surface area contributed by atoms with Crippen molar-refractivity contribution in [3.8, 4) is 0 Å². The van der Waals surface area contributed by atoms with Crippen LogP contribution in [-0.2, 0) is 17.6 Å². The molecule has 2 nitrogen and oxygen atoms in total. The SMILES string of the molecule is CCc1cccc(CC)c1NC(=O)/C=C/c1ccc(F)c(Cl)c1. The van der Waals surface area contributed by atoms with Gasteiger partial charge in [-0.25, -0.2) is 4.39 Å². The average molecular weight is 332 g/mol. The normalized spacial score (nSPS) is 11.0. The van der Waals surface area contributed by atoms with E-state index in [0.29, 0.717) is 5.56 Å². The molecular formula is C19H19ClFNO. The molecule has 0 radical (unpaired) electrons. The van der Waals surface area contributed by atoms with Crippen molar-refractivity contribution in [2.75, 3.05) is 5.32 Å². The number of hydrogen-bond donors (Lipinski definition) is 1. The van der Waals surface area contributed by atoms with Crippen LogP contribution in [0.3, 0.4) is 0 Å². The zero-order valence-electron chi connectivity index (χ0n) is 13.2. The van der Waals surface area contributed by atoms with Crippen molar-refractivity contribution in [2.24, 2.45) is 0 Å². The first-order valence-corrected chi connectivity index (χ1v) is 7.97. The fourth-order valence-electron chi connectivity index (χ4n) is 2.36. The van der Waals surface area contributed by atoms with Gasteiger partial charge in [0.25, 0.3) is 0 Å². The third-order valence-corrected chi connectivity index (χ3v) is 3.91. The highest BCUT2D eigenvalue weighted by Gasteiger charge is 2.08. The summed E-state index contributed by atoms with van der Waals surface area (Å²) in [5.74, 6) is -0.696. The number of nitrogens with one attached hydrogen (secondary N) is 1. The Morgan fingerprint density at radius 2 is 1.83 bits per heavy atom. The first kappa shape index (κ1) is 17.2. The molecule has 0 bridgehead atoms. The molecule has 120 valence electrons. The van der Waals surface area contributed by atoms with Crippen LogP contribution in [0.5, 0.6) is 0 Å². The molecular weight excluding hydrogens is 313 g/mol. The van der Waals surface area contributed by atoms with Crippen molar-refractivity contribution in [1.82, 2.24) is 0 Å². The molecule has 0 unspecified atom stereocenters. The van der Waals surface area contributed by atoms with Crippen LogP contribution in [0.15, 0.2) is 42.5 Å². The van der Waals surface area contributed by atoms with Gasteiger partial charge in [0.05, 0.1) is 5.02 Å². The fraction of sp³-hybridized carbons (Fsp3) is 0.211. The molecule has 1 amide bonds. The lowest BCUT2D eigenvalue weighted by molar-refractivity contribution is -0.111. The van der Waals surface area contributed by atoms with Crippen molar-refractivity contribution in [2.45, 2.75) is 26.7 Å². The Balaban J connectivity index is 2.16. The summed E-state index contributed by atoms with van der Waals surface area (Å²) < 4.78 is 13.1. The fourth-order valence-corrected chi connectivity index (χ4v) is 2.54. The van der Waals surface area contributed by atoms with E-state index in [4.69, 9.17) is 11.6 Å². The molecule has 2 rings (SSSR count). The number of para-hydroxylation sites is 1. The maximum atomic E-state index is 13.1. The molecule has 4 heteroatoms. The Kier molecular flexibility index (Phi) is 5.94. The second kappa shape index (κ2) is 7.93. The number of carbonyl (C=O) groups excluding carboxylic acids is 1. The third kappa shape index (κ3) is 4.42. The standard InChI is InChI=1S/C19H19ClFNO/c1-3-14-6-5-7-15(4-2)19(14)22-18(23)11-9-13-8-10-17(21)16(20)12-13/h5-12H,3-4H2,1-2H3,(H,22,23)/b11-9+. The smallest absolute Gasteiger partial charge is 0.248 e. The number of benzene rings is 2. The van der Waals surface area contributed by atoms with Crippen molar-refractivity contribution in [3.63, 3.8) is 0 Å². The molecule has 0 aliphatic heterocycles. The molecule has 0 saturated heterocycles. The molecule has 0 aromatic heterocycles.